The van der Waals surface area contributed by atoms with Crippen molar-refractivity contribution in [3.63, 3.8) is 0 Å². The zero-order valence-electron chi connectivity index (χ0n) is 22.2. The van der Waals surface area contributed by atoms with E-state index in [9.17, 15) is 4.79 Å². The molecule has 2 atom stereocenters. The van der Waals surface area contributed by atoms with Gasteiger partial charge in [-0.3, -0.25) is 9.69 Å². The standard InChI is InChI=1S/C28H40N6O2/c1-18(2)26(27-30-31-32-34(27)17-24-11-8-12-36-24)33(23-9-6-5-7-10-23)16-22-15-21-13-19(3)20(4)14-25(21)29-28(22)35/h13-15,18,23-24,26H,5-12,16-17H2,1-4H3,(H,29,35)/t24-,26-/m0/s1. The summed E-state index contributed by atoms with van der Waals surface area (Å²) < 4.78 is 7.84. The summed E-state index contributed by atoms with van der Waals surface area (Å²) in [6.45, 7) is 10.8. The molecule has 1 saturated heterocycles. The number of aromatic amines is 1. The number of nitrogens with one attached hydrogen (secondary N) is 1. The van der Waals surface area contributed by atoms with Crippen LogP contribution in [0, 0.1) is 19.8 Å². The first-order valence-electron chi connectivity index (χ1n) is 13.7. The minimum Gasteiger partial charge on any atom is -0.376 e. The number of benzene rings is 1. The highest BCUT2D eigenvalue weighted by Gasteiger charge is 2.35. The van der Waals surface area contributed by atoms with Crippen molar-refractivity contribution in [3.05, 3.63) is 51.1 Å². The molecular weight excluding hydrogens is 452 g/mol. The molecule has 0 amide bonds. The molecule has 5 rings (SSSR count). The van der Waals surface area contributed by atoms with E-state index in [1.165, 1.54) is 30.4 Å². The molecule has 8 nitrogen and oxygen atoms in total. The van der Waals surface area contributed by atoms with Gasteiger partial charge in [-0.2, -0.15) is 0 Å². The minimum atomic E-state index is -0.00647. The number of nitrogens with zero attached hydrogens (tertiary/aromatic N) is 5. The number of hydrogen-bond donors (Lipinski definition) is 1. The summed E-state index contributed by atoms with van der Waals surface area (Å²) in [6.07, 6.45) is 8.30. The van der Waals surface area contributed by atoms with Gasteiger partial charge in [0.15, 0.2) is 5.82 Å². The van der Waals surface area contributed by atoms with Crippen molar-refractivity contribution in [2.75, 3.05) is 6.61 Å². The smallest absolute Gasteiger partial charge is 0.252 e. The summed E-state index contributed by atoms with van der Waals surface area (Å²) in [4.78, 5) is 19.0. The van der Waals surface area contributed by atoms with E-state index in [-0.39, 0.29) is 23.6 Å². The monoisotopic (exact) mass is 492 g/mol. The molecule has 1 aliphatic carbocycles. The minimum absolute atomic E-state index is 0.00647. The summed E-state index contributed by atoms with van der Waals surface area (Å²) in [5.74, 6) is 1.17. The second kappa shape index (κ2) is 10.8. The van der Waals surface area contributed by atoms with Gasteiger partial charge in [-0.1, -0.05) is 33.1 Å². The summed E-state index contributed by atoms with van der Waals surface area (Å²) >= 11 is 0. The third-order valence-electron chi connectivity index (χ3n) is 8.15. The molecule has 2 aromatic heterocycles. The third kappa shape index (κ3) is 5.25. The molecule has 2 aliphatic rings. The van der Waals surface area contributed by atoms with Crippen LogP contribution in [0.25, 0.3) is 10.9 Å². The Bertz CT molecular complexity index is 1240. The van der Waals surface area contributed by atoms with Crippen LogP contribution in [0.5, 0.6) is 0 Å². The van der Waals surface area contributed by atoms with Crippen LogP contribution >= 0.6 is 0 Å². The van der Waals surface area contributed by atoms with E-state index in [4.69, 9.17) is 4.74 Å². The molecule has 1 saturated carbocycles. The molecular formula is C28H40N6O2. The maximum absolute atomic E-state index is 13.3. The number of aromatic nitrogens is 5. The number of H-pyrrole nitrogens is 1. The molecule has 1 N–H and O–H groups in total. The molecule has 0 bridgehead atoms. The number of tetrazole rings is 1. The highest BCUT2D eigenvalue weighted by Crippen LogP contribution is 2.35. The SMILES string of the molecule is Cc1cc2cc(CN(C3CCCCC3)[C@H](c3nnnn3C[C@@H]3CCCO3)C(C)C)c(=O)[nH]c2cc1C. The van der Waals surface area contributed by atoms with Gasteiger partial charge in [-0.25, -0.2) is 4.68 Å². The Labute approximate surface area is 213 Å². The fourth-order valence-corrected chi connectivity index (χ4v) is 6.07. The fraction of sp³-hybridized carbons (Fsp3) is 0.643. The van der Waals surface area contributed by atoms with Gasteiger partial charge in [0.1, 0.15) is 0 Å². The van der Waals surface area contributed by atoms with Gasteiger partial charge in [0, 0.05) is 30.3 Å². The van der Waals surface area contributed by atoms with E-state index < -0.39 is 0 Å². The lowest BCUT2D eigenvalue weighted by Crippen LogP contribution is -2.43. The van der Waals surface area contributed by atoms with Crippen molar-refractivity contribution in [1.82, 2.24) is 30.1 Å². The largest absolute Gasteiger partial charge is 0.376 e. The predicted molar refractivity (Wildman–Crippen MR) is 141 cm³/mol. The topological polar surface area (TPSA) is 88.9 Å². The second-order valence-corrected chi connectivity index (χ2v) is 11.2. The number of fused-ring (bicyclic) bond motifs is 1. The normalized spacial score (nSPS) is 20.1. The van der Waals surface area contributed by atoms with Crippen molar-refractivity contribution in [2.24, 2.45) is 5.92 Å². The first kappa shape index (κ1) is 25.1. The van der Waals surface area contributed by atoms with Gasteiger partial charge in [-0.05, 0) is 90.6 Å². The Kier molecular flexibility index (Phi) is 7.53. The molecule has 2 fully saturated rings. The van der Waals surface area contributed by atoms with Crippen molar-refractivity contribution >= 4 is 10.9 Å². The molecule has 1 aliphatic heterocycles. The van der Waals surface area contributed by atoms with Crippen molar-refractivity contribution in [3.8, 4) is 0 Å². The van der Waals surface area contributed by atoms with Crippen LogP contribution in [-0.4, -0.2) is 48.8 Å². The summed E-state index contributed by atoms with van der Waals surface area (Å²) in [5.41, 5.74) is 4.12. The average molecular weight is 493 g/mol. The predicted octanol–water partition coefficient (Wildman–Crippen LogP) is 4.84. The first-order valence-corrected chi connectivity index (χ1v) is 13.7. The summed E-state index contributed by atoms with van der Waals surface area (Å²) in [7, 11) is 0. The lowest BCUT2D eigenvalue weighted by Gasteiger charge is -2.41. The maximum Gasteiger partial charge on any atom is 0.252 e. The number of hydrogen-bond acceptors (Lipinski definition) is 6. The van der Waals surface area contributed by atoms with Crippen molar-refractivity contribution in [1.29, 1.82) is 0 Å². The fourth-order valence-electron chi connectivity index (χ4n) is 6.07. The van der Waals surface area contributed by atoms with Crippen LogP contribution in [0.3, 0.4) is 0 Å². The zero-order chi connectivity index (χ0) is 25.2. The number of ether oxygens (including phenoxy) is 1. The van der Waals surface area contributed by atoms with Crippen molar-refractivity contribution in [2.45, 2.75) is 104 Å². The lowest BCUT2D eigenvalue weighted by atomic mass is 9.90. The van der Waals surface area contributed by atoms with E-state index in [2.05, 4.69) is 71.3 Å². The summed E-state index contributed by atoms with van der Waals surface area (Å²) in [6, 6.07) is 6.75. The highest BCUT2D eigenvalue weighted by molar-refractivity contribution is 5.80. The molecule has 194 valence electrons. The second-order valence-electron chi connectivity index (χ2n) is 11.2. The Morgan fingerprint density at radius 1 is 1.08 bits per heavy atom. The van der Waals surface area contributed by atoms with E-state index in [1.807, 2.05) is 4.68 Å². The van der Waals surface area contributed by atoms with Crippen LogP contribution < -0.4 is 5.56 Å². The van der Waals surface area contributed by atoms with Gasteiger partial charge in [0.05, 0.1) is 18.7 Å². The van der Waals surface area contributed by atoms with Gasteiger partial charge >= 0.3 is 0 Å². The first-order chi connectivity index (χ1) is 17.4. The molecule has 36 heavy (non-hydrogen) atoms. The van der Waals surface area contributed by atoms with E-state index in [0.717, 1.165) is 54.6 Å². The number of pyridine rings is 1. The van der Waals surface area contributed by atoms with Gasteiger partial charge < -0.3 is 9.72 Å². The lowest BCUT2D eigenvalue weighted by molar-refractivity contribution is 0.0553. The maximum atomic E-state index is 13.3. The van der Waals surface area contributed by atoms with Crippen LogP contribution in [0.2, 0.25) is 0 Å². The van der Waals surface area contributed by atoms with Crippen molar-refractivity contribution < 1.29 is 4.74 Å². The molecule has 0 radical (unpaired) electrons. The van der Waals surface area contributed by atoms with Gasteiger partial charge in [0.25, 0.3) is 5.56 Å². The Morgan fingerprint density at radius 2 is 1.86 bits per heavy atom. The quantitative estimate of drug-likeness (QED) is 0.484. The Balaban J connectivity index is 1.52. The van der Waals surface area contributed by atoms with E-state index in [0.29, 0.717) is 19.1 Å². The summed E-state index contributed by atoms with van der Waals surface area (Å²) in [5, 5.41) is 14.1. The van der Waals surface area contributed by atoms with Gasteiger partial charge in [-0.15, -0.1) is 5.10 Å². The number of rotatable bonds is 8. The van der Waals surface area contributed by atoms with Gasteiger partial charge in [0.2, 0.25) is 0 Å². The van der Waals surface area contributed by atoms with Crippen LogP contribution in [0.1, 0.15) is 87.3 Å². The van der Waals surface area contributed by atoms with Crippen LogP contribution in [0.4, 0.5) is 0 Å². The van der Waals surface area contributed by atoms with E-state index >= 15 is 0 Å². The third-order valence-corrected chi connectivity index (χ3v) is 8.15. The Hall–Kier alpha value is -2.58. The molecule has 0 unspecified atom stereocenters. The zero-order valence-corrected chi connectivity index (χ0v) is 22.2. The average Bonchev–Trinajstić information content (AvgIpc) is 3.53. The molecule has 3 aromatic rings. The molecule has 0 spiro atoms. The Morgan fingerprint density at radius 3 is 2.58 bits per heavy atom. The number of aryl methyl sites for hydroxylation is 2. The molecule has 3 heterocycles. The van der Waals surface area contributed by atoms with Crippen LogP contribution in [-0.2, 0) is 17.8 Å². The highest BCUT2D eigenvalue weighted by atomic mass is 16.5. The molecule has 1 aromatic carbocycles. The van der Waals surface area contributed by atoms with E-state index in [1.54, 1.807) is 0 Å². The van der Waals surface area contributed by atoms with Crippen LogP contribution in [0.15, 0.2) is 23.0 Å². The molecule has 8 heteroatoms.